The molecule has 0 bridgehead atoms. The summed E-state index contributed by atoms with van der Waals surface area (Å²) in [6.07, 6.45) is 4.97. The molecule has 0 aliphatic heterocycles. The summed E-state index contributed by atoms with van der Waals surface area (Å²) < 4.78 is 7.37. The Bertz CT molecular complexity index is 376. The fourth-order valence-corrected chi connectivity index (χ4v) is 2.58. The molecular weight excluding hydrogens is 228 g/mol. The van der Waals surface area contributed by atoms with E-state index in [1.54, 1.807) is 7.11 Å². The van der Waals surface area contributed by atoms with Crippen molar-refractivity contribution in [2.75, 3.05) is 33.9 Å². The molecule has 0 saturated heterocycles. The quantitative estimate of drug-likeness (QED) is 0.832. The minimum absolute atomic E-state index is 0.249. The number of likely N-dealkylation sites (N-methyl/N-ethyl adjacent to an activating group) is 1. The molecule has 1 aromatic heterocycles. The first-order valence-corrected chi connectivity index (χ1v) is 6.76. The van der Waals surface area contributed by atoms with E-state index in [4.69, 9.17) is 4.74 Å². The topological polar surface area (TPSA) is 37.6 Å². The molecule has 2 rings (SSSR count). The molecule has 0 aromatic carbocycles. The van der Waals surface area contributed by atoms with Crippen LogP contribution in [0.4, 0.5) is 0 Å². The molecule has 1 aliphatic carbocycles. The van der Waals surface area contributed by atoms with Gasteiger partial charge in [0.25, 0.3) is 0 Å². The van der Waals surface area contributed by atoms with Crippen LogP contribution in [0, 0.1) is 0 Å². The van der Waals surface area contributed by atoms with Crippen LogP contribution >= 0.6 is 0 Å². The second-order valence-corrected chi connectivity index (χ2v) is 5.12. The lowest BCUT2D eigenvalue weighted by atomic mass is 9.95. The third kappa shape index (κ3) is 3.13. The molecule has 1 unspecified atom stereocenters. The van der Waals surface area contributed by atoms with E-state index in [0.29, 0.717) is 0 Å². The lowest BCUT2D eigenvalue weighted by Crippen LogP contribution is -2.27. The predicted octanol–water partition coefficient (Wildman–Crippen LogP) is 1.44. The first-order valence-electron chi connectivity index (χ1n) is 6.76. The van der Waals surface area contributed by atoms with Gasteiger partial charge in [-0.05, 0) is 32.4 Å². The standard InChI is InChI=1S/C14H24N2O2/c1-15(10-11-18-2)8-9-16-7-6-12-13(16)4-3-5-14(12)17/h6-7,14,17H,3-5,8-11H2,1-2H3. The predicted molar refractivity (Wildman–Crippen MR) is 71.7 cm³/mol. The van der Waals surface area contributed by atoms with Gasteiger partial charge in [0.15, 0.2) is 0 Å². The molecule has 1 atom stereocenters. The Morgan fingerprint density at radius 1 is 1.50 bits per heavy atom. The van der Waals surface area contributed by atoms with E-state index in [1.807, 2.05) is 0 Å². The van der Waals surface area contributed by atoms with Crippen LogP contribution < -0.4 is 0 Å². The molecule has 1 aromatic rings. The monoisotopic (exact) mass is 252 g/mol. The molecule has 0 radical (unpaired) electrons. The molecule has 18 heavy (non-hydrogen) atoms. The van der Waals surface area contributed by atoms with Gasteiger partial charge in [0, 0.05) is 44.2 Å². The van der Waals surface area contributed by atoms with Crippen LogP contribution in [0.1, 0.15) is 30.2 Å². The number of fused-ring (bicyclic) bond motifs is 1. The summed E-state index contributed by atoms with van der Waals surface area (Å²) in [5.74, 6) is 0. The summed E-state index contributed by atoms with van der Waals surface area (Å²) in [4.78, 5) is 2.27. The van der Waals surface area contributed by atoms with E-state index in [2.05, 4.69) is 28.8 Å². The van der Waals surface area contributed by atoms with Crippen molar-refractivity contribution in [1.29, 1.82) is 0 Å². The summed E-state index contributed by atoms with van der Waals surface area (Å²) in [5.41, 5.74) is 2.47. The number of methoxy groups -OCH3 is 1. The normalized spacial score (nSPS) is 19.2. The van der Waals surface area contributed by atoms with Crippen molar-refractivity contribution in [2.45, 2.75) is 31.9 Å². The average Bonchev–Trinajstić information content (AvgIpc) is 2.78. The smallest absolute Gasteiger partial charge is 0.0807 e. The van der Waals surface area contributed by atoms with E-state index in [-0.39, 0.29) is 6.10 Å². The molecule has 0 saturated carbocycles. The molecule has 0 spiro atoms. The molecule has 1 aliphatic rings. The van der Waals surface area contributed by atoms with Crippen molar-refractivity contribution >= 4 is 0 Å². The minimum atomic E-state index is -0.249. The zero-order valence-electron chi connectivity index (χ0n) is 11.4. The number of hydrogen-bond donors (Lipinski definition) is 1. The molecule has 4 heteroatoms. The summed E-state index contributed by atoms with van der Waals surface area (Å²) in [6.45, 7) is 3.74. The Hall–Kier alpha value is -0.840. The molecular formula is C14H24N2O2. The van der Waals surface area contributed by atoms with Gasteiger partial charge in [-0.2, -0.15) is 0 Å². The fraction of sp³-hybridized carbons (Fsp3) is 0.714. The van der Waals surface area contributed by atoms with Gasteiger partial charge in [-0.15, -0.1) is 0 Å². The summed E-state index contributed by atoms with van der Waals surface area (Å²) in [7, 11) is 3.85. The van der Waals surface area contributed by atoms with Crippen molar-refractivity contribution in [1.82, 2.24) is 9.47 Å². The van der Waals surface area contributed by atoms with E-state index < -0.39 is 0 Å². The number of aliphatic hydroxyl groups is 1. The Morgan fingerprint density at radius 2 is 2.33 bits per heavy atom. The lowest BCUT2D eigenvalue weighted by Gasteiger charge is -2.22. The van der Waals surface area contributed by atoms with E-state index in [9.17, 15) is 5.11 Å². The second-order valence-electron chi connectivity index (χ2n) is 5.12. The zero-order chi connectivity index (χ0) is 13.0. The maximum Gasteiger partial charge on any atom is 0.0807 e. The van der Waals surface area contributed by atoms with Crippen LogP contribution in [0.2, 0.25) is 0 Å². The van der Waals surface area contributed by atoms with Crippen LogP contribution in [0.15, 0.2) is 12.3 Å². The van der Waals surface area contributed by atoms with Gasteiger partial charge in [0.1, 0.15) is 0 Å². The van der Waals surface area contributed by atoms with Crippen LogP contribution in [0.25, 0.3) is 0 Å². The summed E-state index contributed by atoms with van der Waals surface area (Å²) in [5, 5.41) is 9.93. The number of rotatable bonds is 6. The maximum absolute atomic E-state index is 9.93. The Morgan fingerprint density at radius 3 is 3.11 bits per heavy atom. The number of ether oxygens (including phenoxy) is 1. The van der Waals surface area contributed by atoms with Gasteiger partial charge in [0.2, 0.25) is 0 Å². The lowest BCUT2D eigenvalue weighted by molar-refractivity contribution is 0.153. The van der Waals surface area contributed by atoms with Gasteiger partial charge in [0.05, 0.1) is 12.7 Å². The largest absolute Gasteiger partial charge is 0.388 e. The van der Waals surface area contributed by atoms with Crippen molar-refractivity contribution < 1.29 is 9.84 Å². The second kappa shape index (κ2) is 6.36. The molecule has 1 heterocycles. The van der Waals surface area contributed by atoms with Crippen molar-refractivity contribution in [3.63, 3.8) is 0 Å². The van der Waals surface area contributed by atoms with Crippen molar-refractivity contribution in [3.05, 3.63) is 23.5 Å². The average molecular weight is 252 g/mol. The molecule has 102 valence electrons. The van der Waals surface area contributed by atoms with Gasteiger partial charge in [-0.1, -0.05) is 0 Å². The number of nitrogens with zero attached hydrogens (tertiary/aromatic N) is 2. The van der Waals surface area contributed by atoms with E-state index in [1.165, 1.54) is 5.69 Å². The fourth-order valence-electron chi connectivity index (χ4n) is 2.58. The third-order valence-electron chi connectivity index (χ3n) is 3.76. The van der Waals surface area contributed by atoms with Crippen LogP contribution in [-0.2, 0) is 17.7 Å². The molecule has 0 fully saturated rings. The Labute approximate surface area is 109 Å². The number of aromatic nitrogens is 1. The highest BCUT2D eigenvalue weighted by atomic mass is 16.5. The van der Waals surface area contributed by atoms with Gasteiger partial charge in [-0.25, -0.2) is 0 Å². The third-order valence-corrected chi connectivity index (χ3v) is 3.76. The maximum atomic E-state index is 9.93. The van der Waals surface area contributed by atoms with Crippen LogP contribution in [0.5, 0.6) is 0 Å². The first kappa shape index (κ1) is 13.6. The molecule has 4 nitrogen and oxygen atoms in total. The van der Waals surface area contributed by atoms with Crippen LogP contribution in [-0.4, -0.2) is 48.4 Å². The van der Waals surface area contributed by atoms with E-state index in [0.717, 1.165) is 51.1 Å². The summed E-state index contributed by atoms with van der Waals surface area (Å²) >= 11 is 0. The van der Waals surface area contributed by atoms with Gasteiger partial charge >= 0.3 is 0 Å². The first-order chi connectivity index (χ1) is 8.72. The number of aliphatic hydroxyl groups excluding tert-OH is 1. The highest BCUT2D eigenvalue weighted by molar-refractivity contribution is 5.27. The van der Waals surface area contributed by atoms with Crippen molar-refractivity contribution in [2.24, 2.45) is 0 Å². The zero-order valence-corrected chi connectivity index (χ0v) is 11.4. The van der Waals surface area contributed by atoms with E-state index >= 15 is 0 Å². The summed E-state index contributed by atoms with van der Waals surface area (Å²) in [6, 6.07) is 2.08. The number of hydrogen-bond acceptors (Lipinski definition) is 3. The Balaban J connectivity index is 1.90. The highest BCUT2D eigenvalue weighted by Crippen LogP contribution is 2.30. The minimum Gasteiger partial charge on any atom is -0.388 e. The highest BCUT2D eigenvalue weighted by Gasteiger charge is 2.20. The van der Waals surface area contributed by atoms with Crippen molar-refractivity contribution in [3.8, 4) is 0 Å². The Kier molecular flexibility index (Phi) is 4.80. The van der Waals surface area contributed by atoms with Crippen LogP contribution in [0.3, 0.4) is 0 Å². The van der Waals surface area contributed by atoms with Gasteiger partial charge in [-0.3, -0.25) is 0 Å². The molecule has 0 amide bonds. The van der Waals surface area contributed by atoms with Gasteiger partial charge < -0.3 is 19.3 Å². The molecule has 1 N–H and O–H groups in total. The SMILES string of the molecule is COCCN(C)CCn1ccc2c1CCCC2O.